The van der Waals surface area contributed by atoms with Crippen LogP contribution in [-0.4, -0.2) is 55.2 Å². The molecule has 1 aromatic carbocycles. The molecular formula is C27H31ClF3N7O3. The van der Waals surface area contributed by atoms with Crippen LogP contribution in [0, 0.1) is 0 Å². The molecule has 41 heavy (non-hydrogen) atoms. The monoisotopic (exact) mass is 593 g/mol. The number of aromatic nitrogens is 4. The van der Waals surface area contributed by atoms with Crippen molar-refractivity contribution in [3.05, 3.63) is 67.7 Å². The van der Waals surface area contributed by atoms with E-state index in [1.165, 1.54) is 33.3 Å². The molecule has 2 N–H and O–H groups in total. The lowest BCUT2D eigenvalue weighted by atomic mass is 9.98. The highest BCUT2D eigenvalue weighted by Gasteiger charge is 2.36. The number of amides is 2. The van der Waals surface area contributed by atoms with Crippen molar-refractivity contribution in [2.24, 2.45) is 0 Å². The summed E-state index contributed by atoms with van der Waals surface area (Å²) >= 11 is 5.73. The highest BCUT2D eigenvalue weighted by atomic mass is 35.5. The van der Waals surface area contributed by atoms with Gasteiger partial charge in [-0.15, -0.1) is 0 Å². The number of alkyl halides is 3. The van der Waals surface area contributed by atoms with Gasteiger partial charge < -0.3 is 15.5 Å². The van der Waals surface area contributed by atoms with Gasteiger partial charge in [-0.3, -0.25) is 19.1 Å². The standard InChI is InChI=1S/C27H31ClF3N7O3/c1-13(2)33-26-34-20-12-36(24(40)16-7-8-19(28)18(10-16)27(29,30)31)15(5)9-17(20)25(41)37(26)22-11-21(23(39)32-6)38(35-22)14(3)4/h7-8,10-11,13-15H,9,12H2,1-6H3,(H,32,39)(H,33,34)/t15-/m1/s1. The van der Waals surface area contributed by atoms with Crippen molar-refractivity contribution in [1.29, 1.82) is 0 Å². The zero-order chi connectivity index (χ0) is 30.4. The van der Waals surface area contributed by atoms with Crippen molar-refractivity contribution < 1.29 is 22.8 Å². The number of nitrogens with zero attached hydrogens (tertiary/aromatic N) is 5. The molecule has 2 amide bonds. The second-order valence-corrected chi connectivity index (χ2v) is 10.9. The molecule has 0 aliphatic carbocycles. The molecule has 220 valence electrons. The highest BCUT2D eigenvalue weighted by molar-refractivity contribution is 6.31. The number of hydrogen-bond acceptors (Lipinski definition) is 6. The van der Waals surface area contributed by atoms with Gasteiger partial charge in [-0.1, -0.05) is 11.6 Å². The molecule has 0 saturated heterocycles. The quantitative estimate of drug-likeness (QED) is 0.437. The van der Waals surface area contributed by atoms with E-state index < -0.39 is 34.3 Å². The maximum absolute atomic E-state index is 13.9. The first-order valence-corrected chi connectivity index (χ1v) is 13.4. The summed E-state index contributed by atoms with van der Waals surface area (Å²) in [6.07, 6.45) is -4.61. The van der Waals surface area contributed by atoms with Crippen LogP contribution in [0.25, 0.3) is 5.82 Å². The summed E-state index contributed by atoms with van der Waals surface area (Å²) in [6.45, 7) is 9.05. The number of hydrogen-bond donors (Lipinski definition) is 2. The van der Waals surface area contributed by atoms with Crippen molar-refractivity contribution in [3.63, 3.8) is 0 Å². The molecule has 2 aromatic heterocycles. The van der Waals surface area contributed by atoms with E-state index in [9.17, 15) is 27.6 Å². The average Bonchev–Trinajstić information content (AvgIpc) is 3.33. The Bertz CT molecular complexity index is 1560. The Kier molecular flexibility index (Phi) is 8.21. The number of anilines is 1. The summed E-state index contributed by atoms with van der Waals surface area (Å²) in [4.78, 5) is 45.9. The van der Waals surface area contributed by atoms with Crippen LogP contribution in [0.2, 0.25) is 5.02 Å². The first-order valence-electron chi connectivity index (χ1n) is 13.0. The molecular weight excluding hydrogens is 563 g/mol. The Morgan fingerprint density at radius 1 is 1.15 bits per heavy atom. The third-order valence-corrected chi connectivity index (χ3v) is 7.04. The number of carbonyl (C=O) groups is 2. The van der Waals surface area contributed by atoms with E-state index in [0.29, 0.717) is 11.3 Å². The van der Waals surface area contributed by atoms with Crippen LogP contribution in [0.15, 0.2) is 29.1 Å². The molecule has 4 rings (SSSR count). The molecule has 0 radical (unpaired) electrons. The number of rotatable bonds is 6. The van der Waals surface area contributed by atoms with E-state index >= 15 is 0 Å². The van der Waals surface area contributed by atoms with Crippen molar-refractivity contribution in [2.45, 2.75) is 71.9 Å². The molecule has 0 fully saturated rings. The number of carbonyl (C=O) groups excluding carboxylic acids is 2. The number of halogens is 4. The van der Waals surface area contributed by atoms with Crippen LogP contribution in [0.1, 0.15) is 78.3 Å². The lowest BCUT2D eigenvalue weighted by Crippen LogP contribution is -2.46. The zero-order valence-electron chi connectivity index (χ0n) is 23.4. The van der Waals surface area contributed by atoms with Gasteiger partial charge in [0.1, 0.15) is 5.69 Å². The number of nitrogens with one attached hydrogen (secondary N) is 2. The van der Waals surface area contributed by atoms with Gasteiger partial charge in [0, 0.05) is 42.4 Å². The van der Waals surface area contributed by atoms with Crippen molar-refractivity contribution in [1.82, 2.24) is 29.5 Å². The molecule has 3 aromatic rings. The molecule has 10 nitrogen and oxygen atoms in total. The van der Waals surface area contributed by atoms with Gasteiger partial charge in [0.2, 0.25) is 5.95 Å². The minimum absolute atomic E-state index is 0.0912. The van der Waals surface area contributed by atoms with Gasteiger partial charge in [-0.2, -0.15) is 18.3 Å². The van der Waals surface area contributed by atoms with Gasteiger partial charge in [-0.25, -0.2) is 9.55 Å². The van der Waals surface area contributed by atoms with Crippen LogP contribution in [0.5, 0.6) is 0 Å². The van der Waals surface area contributed by atoms with E-state index in [1.807, 2.05) is 27.7 Å². The van der Waals surface area contributed by atoms with Gasteiger partial charge in [0.25, 0.3) is 17.4 Å². The molecule has 0 spiro atoms. The third kappa shape index (κ3) is 5.81. The Morgan fingerprint density at radius 3 is 2.41 bits per heavy atom. The van der Waals surface area contributed by atoms with Crippen molar-refractivity contribution in [2.75, 3.05) is 12.4 Å². The van der Waals surface area contributed by atoms with E-state index in [0.717, 1.165) is 12.1 Å². The average molecular weight is 594 g/mol. The first kappa shape index (κ1) is 30.1. The SMILES string of the molecule is CNC(=O)c1cc(-n2c(NC(C)C)nc3c(c2=O)C[C@@H](C)N(C(=O)c2ccc(Cl)c(C(F)(F)F)c2)C3)nn1C(C)C. The van der Waals surface area contributed by atoms with Gasteiger partial charge in [0.05, 0.1) is 22.8 Å². The summed E-state index contributed by atoms with van der Waals surface area (Å²) in [5.41, 5.74) is -0.753. The number of benzene rings is 1. The smallest absolute Gasteiger partial charge is 0.354 e. The number of fused-ring (bicyclic) bond motifs is 1. The van der Waals surface area contributed by atoms with E-state index in [1.54, 1.807) is 6.92 Å². The zero-order valence-corrected chi connectivity index (χ0v) is 24.2. The molecule has 0 saturated carbocycles. The molecule has 14 heteroatoms. The Morgan fingerprint density at radius 2 is 1.83 bits per heavy atom. The van der Waals surface area contributed by atoms with Crippen molar-refractivity contribution in [3.8, 4) is 5.82 Å². The molecule has 1 aliphatic heterocycles. The summed E-state index contributed by atoms with van der Waals surface area (Å²) in [5.74, 6) is -0.643. The molecule has 0 unspecified atom stereocenters. The minimum Gasteiger partial charge on any atom is -0.354 e. The van der Waals surface area contributed by atoms with Crippen LogP contribution in [-0.2, 0) is 19.1 Å². The van der Waals surface area contributed by atoms with E-state index in [4.69, 9.17) is 11.6 Å². The molecule has 0 bridgehead atoms. The Balaban J connectivity index is 1.80. The van der Waals surface area contributed by atoms with Gasteiger partial charge in [-0.05, 0) is 59.2 Å². The lowest BCUT2D eigenvalue weighted by molar-refractivity contribution is -0.137. The van der Waals surface area contributed by atoms with Crippen LogP contribution in [0.4, 0.5) is 19.1 Å². The summed E-state index contributed by atoms with van der Waals surface area (Å²) < 4.78 is 43.1. The van der Waals surface area contributed by atoms with E-state index in [-0.39, 0.29) is 54.0 Å². The predicted molar refractivity (Wildman–Crippen MR) is 148 cm³/mol. The minimum atomic E-state index is -4.72. The molecule has 1 atom stereocenters. The van der Waals surface area contributed by atoms with Crippen LogP contribution < -0.4 is 16.2 Å². The predicted octanol–water partition coefficient (Wildman–Crippen LogP) is 4.45. The van der Waals surface area contributed by atoms with Gasteiger partial charge >= 0.3 is 6.18 Å². The van der Waals surface area contributed by atoms with Crippen molar-refractivity contribution >= 4 is 29.4 Å². The first-order chi connectivity index (χ1) is 19.1. The summed E-state index contributed by atoms with van der Waals surface area (Å²) in [7, 11) is 1.50. The fourth-order valence-corrected chi connectivity index (χ4v) is 4.95. The maximum Gasteiger partial charge on any atom is 0.417 e. The fraction of sp³-hybridized carbons (Fsp3) is 0.444. The Hall–Kier alpha value is -3.87. The molecule has 3 heterocycles. The largest absolute Gasteiger partial charge is 0.417 e. The highest BCUT2D eigenvalue weighted by Crippen LogP contribution is 2.36. The fourth-order valence-electron chi connectivity index (χ4n) is 4.72. The third-order valence-electron chi connectivity index (χ3n) is 6.71. The van der Waals surface area contributed by atoms with E-state index in [2.05, 4.69) is 20.7 Å². The maximum atomic E-state index is 13.9. The second kappa shape index (κ2) is 11.2. The normalized spacial score (nSPS) is 15.3. The topological polar surface area (TPSA) is 114 Å². The van der Waals surface area contributed by atoms with Crippen LogP contribution >= 0.6 is 11.6 Å². The summed E-state index contributed by atoms with van der Waals surface area (Å²) in [6, 6.07) is 3.69. The lowest BCUT2D eigenvalue weighted by Gasteiger charge is -2.34. The molecule has 1 aliphatic rings. The van der Waals surface area contributed by atoms with Crippen LogP contribution in [0.3, 0.4) is 0 Å². The second-order valence-electron chi connectivity index (χ2n) is 10.5. The summed E-state index contributed by atoms with van der Waals surface area (Å²) in [5, 5.41) is 9.75. The Labute approximate surface area is 239 Å². The van der Waals surface area contributed by atoms with Gasteiger partial charge in [0.15, 0.2) is 5.82 Å².